The van der Waals surface area contributed by atoms with Crippen molar-refractivity contribution in [3.8, 4) is 0 Å². The molecule has 5 heteroatoms. The molecule has 1 saturated carbocycles. The molecular weight excluding hydrogens is 252 g/mol. The number of hydrogen-bond donors (Lipinski definition) is 2. The van der Waals surface area contributed by atoms with Gasteiger partial charge in [0.1, 0.15) is 0 Å². The van der Waals surface area contributed by atoms with E-state index >= 15 is 0 Å². The Labute approximate surface area is 117 Å². The van der Waals surface area contributed by atoms with E-state index in [0.29, 0.717) is 12.5 Å². The zero-order valence-corrected chi connectivity index (χ0v) is 11.3. The molecule has 1 aliphatic carbocycles. The molecule has 0 radical (unpaired) electrons. The first-order valence-electron chi connectivity index (χ1n) is 7.06. The predicted molar refractivity (Wildman–Crippen MR) is 78.4 cm³/mol. The van der Waals surface area contributed by atoms with Crippen LogP contribution in [0.25, 0.3) is 10.9 Å². The topological polar surface area (TPSA) is 66.9 Å². The number of rotatable bonds is 6. The minimum absolute atomic E-state index is 0.159. The van der Waals surface area contributed by atoms with Crippen LogP contribution in [0.1, 0.15) is 25.7 Å². The van der Waals surface area contributed by atoms with Crippen LogP contribution in [0, 0.1) is 0 Å². The molecule has 0 spiro atoms. The molecule has 20 heavy (non-hydrogen) atoms. The van der Waals surface area contributed by atoms with Gasteiger partial charge in [0.05, 0.1) is 17.4 Å². The van der Waals surface area contributed by atoms with Gasteiger partial charge < -0.3 is 10.6 Å². The molecule has 1 aromatic carbocycles. The van der Waals surface area contributed by atoms with E-state index in [1.54, 1.807) is 6.20 Å². The molecule has 1 heterocycles. The van der Waals surface area contributed by atoms with Crippen LogP contribution >= 0.6 is 0 Å². The maximum Gasteiger partial charge on any atom is 0.220 e. The Balaban J connectivity index is 1.50. The van der Waals surface area contributed by atoms with Crippen molar-refractivity contribution in [1.82, 2.24) is 15.5 Å². The summed E-state index contributed by atoms with van der Waals surface area (Å²) in [4.78, 5) is 11.6. The maximum atomic E-state index is 11.6. The smallest absolute Gasteiger partial charge is 0.220 e. The number of fused-ring (bicyclic) bond motifs is 1. The van der Waals surface area contributed by atoms with E-state index in [0.717, 1.165) is 42.4 Å². The molecule has 2 aromatic rings. The first kappa shape index (κ1) is 12.8. The number of hydrogen-bond acceptors (Lipinski definition) is 4. The molecule has 104 valence electrons. The fraction of sp³-hybridized carbons (Fsp3) is 0.400. The van der Waals surface area contributed by atoms with Gasteiger partial charge in [0.15, 0.2) is 0 Å². The highest BCUT2D eigenvalue weighted by atomic mass is 16.1. The summed E-state index contributed by atoms with van der Waals surface area (Å²) in [6, 6.07) is 8.34. The monoisotopic (exact) mass is 270 g/mol. The number of aromatic nitrogens is 2. The fourth-order valence-corrected chi connectivity index (χ4v) is 2.15. The highest BCUT2D eigenvalue weighted by Gasteiger charge is 2.22. The van der Waals surface area contributed by atoms with Crippen molar-refractivity contribution in [1.29, 1.82) is 0 Å². The summed E-state index contributed by atoms with van der Waals surface area (Å²) in [7, 11) is 0. The molecule has 1 amide bonds. The second kappa shape index (κ2) is 5.86. The van der Waals surface area contributed by atoms with Crippen LogP contribution in [0.4, 0.5) is 5.69 Å². The molecule has 0 saturated heterocycles. The van der Waals surface area contributed by atoms with Gasteiger partial charge in [-0.3, -0.25) is 4.79 Å². The van der Waals surface area contributed by atoms with Crippen LogP contribution in [-0.2, 0) is 4.79 Å². The average Bonchev–Trinajstić information content (AvgIpc) is 3.27. The lowest BCUT2D eigenvalue weighted by Crippen LogP contribution is -2.25. The summed E-state index contributed by atoms with van der Waals surface area (Å²) >= 11 is 0. The number of nitrogens with one attached hydrogen (secondary N) is 2. The van der Waals surface area contributed by atoms with Gasteiger partial charge in [-0.2, -0.15) is 10.2 Å². The largest absolute Gasteiger partial charge is 0.383 e. The lowest BCUT2D eigenvalue weighted by Gasteiger charge is -2.08. The van der Waals surface area contributed by atoms with Crippen molar-refractivity contribution in [3.63, 3.8) is 0 Å². The molecule has 0 atom stereocenters. The minimum Gasteiger partial charge on any atom is -0.383 e. The highest BCUT2D eigenvalue weighted by molar-refractivity contribution is 5.90. The standard InChI is InChI=1S/C15H18N4O/c20-15(18-11-7-8-11)6-3-9-16-14-10-17-19-13-5-2-1-4-12(13)14/h1-2,4-5,10-11H,3,6-9H2,(H,16,19)(H,18,20). The molecule has 5 nitrogen and oxygen atoms in total. The molecule has 1 aromatic heterocycles. The summed E-state index contributed by atoms with van der Waals surface area (Å²) in [5.74, 6) is 0.159. The van der Waals surface area contributed by atoms with E-state index in [1.165, 1.54) is 0 Å². The van der Waals surface area contributed by atoms with Crippen LogP contribution in [-0.4, -0.2) is 28.7 Å². The minimum atomic E-state index is 0.159. The molecule has 0 unspecified atom stereocenters. The molecule has 1 aliphatic rings. The van der Waals surface area contributed by atoms with Gasteiger partial charge in [-0.25, -0.2) is 0 Å². The maximum absolute atomic E-state index is 11.6. The van der Waals surface area contributed by atoms with Crippen LogP contribution in [0.2, 0.25) is 0 Å². The zero-order chi connectivity index (χ0) is 13.8. The average molecular weight is 270 g/mol. The van der Waals surface area contributed by atoms with Crippen LogP contribution in [0.3, 0.4) is 0 Å². The second-order valence-corrected chi connectivity index (χ2v) is 5.15. The highest BCUT2D eigenvalue weighted by Crippen LogP contribution is 2.20. The Kier molecular flexibility index (Phi) is 3.76. The quantitative estimate of drug-likeness (QED) is 0.789. The molecule has 2 N–H and O–H groups in total. The number of carbonyl (C=O) groups excluding carboxylic acids is 1. The van der Waals surface area contributed by atoms with Crippen molar-refractivity contribution in [2.24, 2.45) is 0 Å². The second-order valence-electron chi connectivity index (χ2n) is 5.15. The Morgan fingerprint density at radius 2 is 2.15 bits per heavy atom. The Morgan fingerprint density at radius 1 is 1.30 bits per heavy atom. The van der Waals surface area contributed by atoms with Crippen molar-refractivity contribution < 1.29 is 4.79 Å². The normalized spacial score (nSPS) is 14.2. The predicted octanol–water partition coefficient (Wildman–Crippen LogP) is 2.10. The number of carbonyl (C=O) groups is 1. The Hall–Kier alpha value is -2.17. The number of nitrogens with zero attached hydrogens (tertiary/aromatic N) is 2. The molecule has 0 bridgehead atoms. The summed E-state index contributed by atoms with van der Waals surface area (Å²) in [5.41, 5.74) is 1.85. The van der Waals surface area contributed by atoms with Crippen molar-refractivity contribution >= 4 is 22.5 Å². The van der Waals surface area contributed by atoms with Gasteiger partial charge in [0, 0.05) is 24.4 Å². The summed E-state index contributed by atoms with van der Waals surface area (Å²) in [5, 5.41) is 15.4. The molecule has 0 aliphatic heterocycles. The van der Waals surface area contributed by atoms with Crippen molar-refractivity contribution in [3.05, 3.63) is 30.5 Å². The van der Waals surface area contributed by atoms with Crippen LogP contribution in [0.15, 0.2) is 30.5 Å². The molecule has 3 rings (SSSR count). The lowest BCUT2D eigenvalue weighted by atomic mass is 10.2. The third-order valence-electron chi connectivity index (χ3n) is 3.39. The van der Waals surface area contributed by atoms with E-state index in [4.69, 9.17) is 0 Å². The number of amides is 1. The van der Waals surface area contributed by atoms with Gasteiger partial charge in [-0.1, -0.05) is 18.2 Å². The van der Waals surface area contributed by atoms with E-state index in [2.05, 4.69) is 20.8 Å². The van der Waals surface area contributed by atoms with Gasteiger partial charge in [-0.15, -0.1) is 0 Å². The summed E-state index contributed by atoms with van der Waals surface area (Å²) in [6.45, 7) is 0.758. The van der Waals surface area contributed by atoms with E-state index in [-0.39, 0.29) is 5.91 Å². The van der Waals surface area contributed by atoms with Gasteiger partial charge in [0.25, 0.3) is 0 Å². The van der Waals surface area contributed by atoms with Gasteiger partial charge in [-0.05, 0) is 25.3 Å². The Morgan fingerprint density at radius 3 is 3.00 bits per heavy atom. The first-order valence-corrected chi connectivity index (χ1v) is 7.06. The number of benzene rings is 1. The van der Waals surface area contributed by atoms with Gasteiger partial charge >= 0.3 is 0 Å². The van der Waals surface area contributed by atoms with E-state index < -0.39 is 0 Å². The van der Waals surface area contributed by atoms with Crippen LogP contribution in [0.5, 0.6) is 0 Å². The van der Waals surface area contributed by atoms with E-state index in [1.807, 2.05) is 24.3 Å². The zero-order valence-electron chi connectivity index (χ0n) is 11.3. The Bertz CT molecular complexity index is 604. The van der Waals surface area contributed by atoms with Gasteiger partial charge in [0.2, 0.25) is 5.91 Å². The number of anilines is 1. The third kappa shape index (κ3) is 3.23. The van der Waals surface area contributed by atoms with Crippen LogP contribution < -0.4 is 10.6 Å². The van der Waals surface area contributed by atoms with Crippen molar-refractivity contribution in [2.45, 2.75) is 31.7 Å². The SMILES string of the molecule is O=C(CCCNc1cnnc2ccccc12)NC1CC1. The van der Waals surface area contributed by atoms with E-state index in [9.17, 15) is 4.79 Å². The molecular formula is C15H18N4O. The van der Waals surface area contributed by atoms with Crippen molar-refractivity contribution in [2.75, 3.05) is 11.9 Å². The molecule has 1 fully saturated rings. The first-order chi connectivity index (χ1) is 9.83. The third-order valence-corrected chi connectivity index (χ3v) is 3.39. The summed E-state index contributed by atoms with van der Waals surface area (Å²) < 4.78 is 0. The lowest BCUT2D eigenvalue weighted by molar-refractivity contribution is -0.121. The summed E-state index contributed by atoms with van der Waals surface area (Å²) in [6.07, 6.45) is 5.39. The fourth-order valence-electron chi connectivity index (χ4n) is 2.15.